The number of amides is 2. The average molecular weight is 589 g/mol. The highest BCUT2D eigenvalue weighted by Crippen LogP contribution is 2.30. The number of rotatable bonds is 8. The van der Waals surface area contributed by atoms with Gasteiger partial charge < -0.3 is 15.4 Å². The van der Waals surface area contributed by atoms with Crippen molar-refractivity contribution in [1.82, 2.24) is 45.4 Å². The number of nitrogens with zero attached hydrogens (tertiary/aromatic N) is 9. The van der Waals surface area contributed by atoms with E-state index in [0.29, 0.717) is 52.3 Å². The molecule has 3 N–H and O–H groups in total. The monoisotopic (exact) mass is 588 g/mol. The van der Waals surface area contributed by atoms with E-state index in [9.17, 15) is 10.1 Å². The second-order valence-corrected chi connectivity index (χ2v) is 10.4. The zero-order chi connectivity index (χ0) is 29.6. The van der Waals surface area contributed by atoms with Gasteiger partial charge in [-0.25, -0.2) is 29.7 Å². The van der Waals surface area contributed by atoms with Crippen LogP contribution in [0.3, 0.4) is 0 Å². The van der Waals surface area contributed by atoms with Crippen LogP contribution in [-0.2, 0) is 0 Å². The number of anilines is 2. The number of aromatic nitrogens is 8. The first kappa shape index (κ1) is 28.6. The van der Waals surface area contributed by atoms with Crippen LogP contribution >= 0.6 is 11.6 Å². The average Bonchev–Trinajstić information content (AvgIpc) is 3.43. The van der Waals surface area contributed by atoms with Crippen molar-refractivity contribution in [3.8, 4) is 34.7 Å². The summed E-state index contributed by atoms with van der Waals surface area (Å²) < 4.78 is 5.01. The van der Waals surface area contributed by atoms with Gasteiger partial charge in [0, 0.05) is 42.3 Å². The zero-order valence-corrected chi connectivity index (χ0v) is 24.0. The Morgan fingerprint density at radius 2 is 1.83 bits per heavy atom. The van der Waals surface area contributed by atoms with Gasteiger partial charge in [0.15, 0.2) is 5.82 Å². The fourth-order valence-electron chi connectivity index (χ4n) is 4.74. The normalized spacial score (nSPS) is 16.5. The highest BCUT2D eigenvalue weighted by atomic mass is 35.5. The van der Waals surface area contributed by atoms with Crippen LogP contribution in [0.2, 0.25) is 5.02 Å². The molecule has 0 bridgehead atoms. The highest BCUT2D eigenvalue weighted by molar-refractivity contribution is 6.32. The topological polar surface area (TPSA) is 183 Å². The number of nitrogens with one attached hydrogen (secondary N) is 3. The van der Waals surface area contributed by atoms with Crippen molar-refractivity contribution < 1.29 is 9.53 Å². The molecule has 1 aliphatic carbocycles. The van der Waals surface area contributed by atoms with Crippen LogP contribution in [0, 0.1) is 11.3 Å². The van der Waals surface area contributed by atoms with Crippen LogP contribution in [0.4, 0.5) is 16.6 Å². The quantitative estimate of drug-likeness (QED) is 0.270. The van der Waals surface area contributed by atoms with E-state index >= 15 is 0 Å². The summed E-state index contributed by atoms with van der Waals surface area (Å²) in [4.78, 5) is 41.2. The third-order valence-electron chi connectivity index (χ3n) is 6.74. The van der Waals surface area contributed by atoms with Gasteiger partial charge in [-0.2, -0.15) is 10.4 Å². The van der Waals surface area contributed by atoms with Crippen molar-refractivity contribution in [2.75, 3.05) is 17.3 Å². The number of H-pyrrole nitrogens is 1. The number of aromatic amines is 1. The molecule has 1 fully saturated rings. The van der Waals surface area contributed by atoms with E-state index in [1.165, 1.54) is 19.5 Å². The molecule has 0 atom stereocenters. The lowest BCUT2D eigenvalue weighted by molar-refractivity contribution is 0.238. The number of carbonyl (C=O) groups is 1. The van der Waals surface area contributed by atoms with Crippen LogP contribution in [-0.4, -0.2) is 71.4 Å². The van der Waals surface area contributed by atoms with Crippen LogP contribution in [0.25, 0.3) is 22.6 Å². The fourth-order valence-corrected chi connectivity index (χ4v) is 4.92. The fraction of sp³-hybridized carbons (Fsp3) is 0.370. The number of urea groups is 1. The molecule has 1 saturated carbocycles. The van der Waals surface area contributed by atoms with Gasteiger partial charge in [-0.15, -0.1) is 0 Å². The minimum absolute atomic E-state index is 0.0487. The lowest BCUT2D eigenvalue weighted by Gasteiger charge is -2.36. The molecule has 0 spiro atoms. The van der Waals surface area contributed by atoms with E-state index in [1.807, 2.05) is 13.8 Å². The van der Waals surface area contributed by atoms with Gasteiger partial charge in [-0.3, -0.25) is 15.0 Å². The number of methoxy groups -OCH3 is 1. The lowest BCUT2D eigenvalue weighted by Crippen LogP contribution is -2.50. The molecule has 0 radical (unpaired) electrons. The van der Waals surface area contributed by atoms with Gasteiger partial charge in [0.2, 0.25) is 5.95 Å². The van der Waals surface area contributed by atoms with E-state index in [-0.39, 0.29) is 35.7 Å². The Morgan fingerprint density at radius 1 is 1.07 bits per heavy atom. The third-order valence-corrected chi connectivity index (χ3v) is 7.03. The summed E-state index contributed by atoms with van der Waals surface area (Å²) in [5.41, 5.74) is 2.28. The van der Waals surface area contributed by atoms with Crippen molar-refractivity contribution >= 4 is 29.4 Å². The minimum atomic E-state index is -0.229. The maximum atomic E-state index is 13.3. The standard InChI is InChI=1S/C27H29ClN12O2/c1-15(2)36-27(41)40(22-14-30-21(13-31-22)17-10-33-26(42-3)34-11-17)19-6-4-18(5-7-19)37-25-32-9-16(8-29)23(38-25)24-20(28)12-35-39-24/h9-15,18-19H,4-7H2,1-3H3,(H,35,39)(H,36,41)(H,32,37,38)/t18-,19-. The first-order valence-electron chi connectivity index (χ1n) is 13.4. The van der Waals surface area contributed by atoms with E-state index < -0.39 is 0 Å². The molecular formula is C27H29ClN12O2. The highest BCUT2D eigenvalue weighted by Gasteiger charge is 2.32. The number of halogens is 1. The number of carbonyl (C=O) groups excluding carboxylic acids is 1. The maximum Gasteiger partial charge on any atom is 0.323 e. The first-order valence-corrected chi connectivity index (χ1v) is 13.8. The van der Waals surface area contributed by atoms with E-state index in [1.54, 1.807) is 29.7 Å². The largest absolute Gasteiger partial charge is 0.467 e. The molecule has 4 heterocycles. The van der Waals surface area contributed by atoms with Crippen LogP contribution in [0.15, 0.2) is 37.2 Å². The Kier molecular flexibility index (Phi) is 8.68. The van der Waals surface area contributed by atoms with Gasteiger partial charge in [0.1, 0.15) is 17.5 Å². The van der Waals surface area contributed by atoms with Crippen molar-refractivity contribution in [3.63, 3.8) is 0 Å². The number of hydrogen-bond donors (Lipinski definition) is 3. The summed E-state index contributed by atoms with van der Waals surface area (Å²) in [7, 11) is 1.50. The molecule has 216 valence electrons. The second kappa shape index (κ2) is 12.7. The molecule has 0 unspecified atom stereocenters. The van der Waals surface area contributed by atoms with Gasteiger partial charge >= 0.3 is 12.0 Å². The van der Waals surface area contributed by atoms with Crippen LogP contribution in [0.5, 0.6) is 6.01 Å². The van der Waals surface area contributed by atoms with Crippen LogP contribution in [0.1, 0.15) is 45.1 Å². The molecular weight excluding hydrogens is 560 g/mol. The Balaban J connectivity index is 1.29. The predicted octanol–water partition coefficient (Wildman–Crippen LogP) is 4.00. The first-order chi connectivity index (χ1) is 20.4. The molecule has 2 amide bonds. The molecule has 5 rings (SSSR count). The third kappa shape index (κ3) is 6.36. The number of nitriles is 1. The SMILES string of the molecule is COc1ncc(-c2cnc(N(C(=O)NC(C)C)[C@H]3CC[C@H](Nc4ncc(C#N)c(-c5n[nH]cc5Cl)n4)CC3)cn2)cn1. The van der Waals surface area contributed by atoms with E-state index in [0.717, 1.165) is 12.8 Å². The Labute approximate surface area is 247 Å². The molecule has 4 aromatic rings. The molecule has 14 nitrogen and oxygen atoms in total. The van der Waals surface area contributed by atoms with Gasteiger partial charge in [0.25, 0.3) is 0 Å². The van der Waals surface area contributed by atoms with Gasteiger partial charge in [-0.1, -0.05) is 11.6 Å². The Bertz CT molecular complexity index is 1560. The van der Waals surface area contributed by atoms with Crippen molar-refractivity contribution in [1.29, 1.82) is 5.26 Å². The van der Waals surface area contributed by atoms with E-state index in [4.69, 9.17) is 16.3 Å². The summed E-state index contributed by atoms with van der Waals surface area (Å²) in [6.07, 6.45) is 12.3. The number of hydrogen-bond acceptors (Lipinski definition) is 11. The van der Waals surface area contributed by atoms with Crippen LogP contribution < -0.4 is 20.3 Å². The molecule has 15 heteroatoms. The smallest absolute Gasteiger partial charge is 0.323 e. The summed E-state index contributed by atoms with van der Waals surface area (Å²) >= 11 is 6.21. The summed E-state index contributed by atoms with van der Waals surface area (Å²) in [5.74, 6) is 0.837. The summed E-state index contributed by atoms with van der Waals surface area (Å²) in [5, 5.41) is 23.0. The van der Waals surface area contributed by atoms with Crippen molar-refractivity contribution in [2.45, 2.75) is 57.7 Å². The molecule has 1 aliphatic rings. The van der Waals surface area contributed by atoms with Crippen molar-refractivity contribution in [3.05, 3.63) is 47.8 Å². The summed E-state index contributed by atoms with van der Waals surface area (Å²) in [6, 6.07) is 2.04. The van der Waals surface area contributed by atoms with Gasteiger partial charge in [0.05, 0.1) is 42.0 Å². The number of ether oxygens (including phenoxy) is 1. The molecule has 0 saturated heterocycles. The Hall–Kier alpha value is -4.90. The summed E-state index contributed by atoms with van der Waals surface area (Å²) in [6.45, 7) is 3.83. The predicted molar refractivity (Wildman–Crippen MR) is 155 cm³/mol. The minimum Gasteiger partial charge on any atom is -0.467 e. The maximum absolute atomic E-state index is 13.3. The van der Waals surface area contributed by atoms with Gasteiger partial charge in [-0.05, 0) is 39.5 Å². The molecule has 0 aliphatic heterocycles. The second-order valence-electron chi connectivity index (χ2n) is 9.99. The molecule has 0 aromatic carbocycles. The zero-order valence-electron chi connectivity index (χ0n) is 23.2. The lowest BCUT2D eigenvalue weighted by atomic mass is 9.90. The van der Waals surface area contributed by atoms with E-state index in [2.05, 4.69) is 56.8 Å². The molecule has 4 aromatic heterocycles. The molecule has 42 heavy (non-hydrogen) atoms. The Morgan fingerprint density at radius 3 is 2.43 bits per heavy atom. The van der Waals surface area contributed by atoms with Crippen molar-refractivity contribution in [2.24, 2.45) is 0 Å².